The third kappa shape index (κ3) is 4.82. The number of amides is 1. The van der Waals surface area contributed by atoms with Crippen LogP contribution in [0.25, 0.3) is 32.1 Å². The quantitative estimate of drug-likeness (QED) is 0.221. The molecule has 2 aromatic heterocycles. The van der Waals surface area contributed by atoms with Crippen LogP contribution in [0, 0.1) is 0 Å². The highest BCUT2D eigenvalue weighted by Crippen LogP contribution is 2.31. The Morgan fingerprint density at radius 2 is 1.85 bits per heavy atom. The first-order chi connectivity index (χ1) is 18.9. The number of hydrogen-bond donors (Lipinski definition) is 5. The lowest BCUT2D eigenvalue weighted by molar-refractivity contribution is -0.252. The van der Waals surface area contributed by atoms with Gasteiger partial charge in [-0.3, -0.25) is 9.78 Å². The fraction of sp³-hybridized carbons (Fsp3) is 0.241. The summed E-state index contributed by atoms with van der Waals surface area (Å²) < 4.78 is 7.20. The van der Waals surface area contributed by atoms with E-state index in [1.807, 2.05) is 34.9 Å². The van der Waals surface area contributed by atoms with E-state index in [0.717, 1.165) is 32.3 Å². The number of carbonyl (C=O) groups excluding carboxylic acids is 1. The molecule has 10 heteroatoms. The fourth-order valence-electron chi connectivity index (χ4n) is 5.13. The lowest BCUT2D eigenvalue weighted by Crippen LogP contribution is -2.64. The predicted molar refractivity (Wildman–Crippen MR) is 147 cm³/mol. The van der Waals surface area contributed by atoms with Crippen molar-refractivity contribution in [3.8, 4) is 10.4 Å². The van der Waals surface area contributed by atoms with Crippen LogP contribution in [0.2, 0.25) is 0 Å². The fourth-order valence-corrected chi connectivity index (χ4v) is 5.75. The van der Waals surface area contributed by atoms with E-state index < -0.39 is 43.2 Å². The number of carbonyl (C=O) groups is 1. The van der Waals surface area contributed by atoms with Crippen LogP contribution in [-0.4, -0.2) is 73.1 Å². The van der Waals surface area contributed by atoms with Gasteiger partial charge in [-0.05, 0) is 34.0 Å². The zero-order chi connectivity index (χ0) is 27.1. The third-order valence-electron chi connectivity index (χ3n) is 7.21. The second-order valence-electron chi connectivity index (χ2n) is 9.68. The lowest BCUT2D eigenvalue weighted by atomic mass is 9.96. The molecule has 5 aromatic rings. The molecule has 1 saturated heterocycles. The van der Waals surface area contributed by atoms with E-state index in [4.69, 9.17) is 4.74 Å². The van der Waals surface area contributed by atoms with E-state index in [1.165, 1.54) is 11.3 Å². The highest BCUT2D eigenvalue weighted by Gasteiger charge is 2.44. The molecule has 5 N–H and O–H groups in total. The molecule has 6 rings (SSSR count). The Morgan fingerprint density at radius 1 is 1.03 bits per heavy atom. The van der Waals surface area contributed by atoms with Crippen molar-refractivity contribution in [2.45, 2.75) is 37.2 Å². The van der Waals surface area contributed by atoms with Gasteiger partial charge in [0.2, 0.25) is 0 Å². The molecule has 1 fully saturated rings. The summed E-state index contributed by atoms with van der Waals surface area (Å²) in [4.78, 5) is 18.7. The van der Waals surface area contributed by atoms with Crippen molar-refractivity contribution in [1.29, 1.82) is 0 Å². The van der Waals surface area contributed by atoms with Gasteiger partial charge in [0, 0.05) is 29.8 Å². The number of rotatable bonds is 6. The molecule has 0 spiro atoms. The largest absolute Gasteiger partial charge is 0.394 e. The maximum atomic E-state index is 13.5. The van der Waals surface area contributed by atoms with Crippen LogP contribution in [0.4, 0.5) is 0 Å². The van der Waals surface area contributed by atoms with Crippen LogP contribution in [-0.2, 0) is 11.3 Å². The van der Waals surface area contributed by atoms with Crippen molar-refractivity contribution in [3.63, 3.8) is 0 Å². The van der Waals surface area contributed by atoms with Gasteiger partial charge >= 0.3 is 0 Å². The van der Waals surface area contributed by atoms with Gasteiger partial charge in [-0.1, -0.05) is 48.5 Å². The Morgan fingerprint density at radius 3 is 2.62 bits per heavy atom. The first-order valence-corrected chi connectivity index (χ1v) is 13.4. The van der Waals surface area contributed by atoms with Crippen LogP contribution in [0.15, 0.2) is 78.6 Å². The third-order valence-corrected chi connectivity index (χ3v) is 8.03. The number of nitrogens with one attached hydrogen (secondary N) is 1. The standard InChI is InChI=1S/C29H27N3O6S/c33-14-23-26(34)27(35)25(29(37)38-23)31-28(36)21-13-32(12-16-5-6-17-3-1-2-4-18(17)9-16)22-10-19(7-8-20(21)22)24-11-30-15-39-24/h1-11,13,15,23,25-27,29,33-35,37H,12,14H2,(H,31,36)/t23-,25-,26-,27?,29?/m1/s1. The highest BCUT2D eigenvalue weighted by atomic mass is 32.1. The number of ether oxygens (including phenoxy) is 1. The van der Waals surface area contributed by atoms with Crippen molar-refractivity contribution in [1.82, 2.24) is 14.9 Å². The van der Waals surface area contributed by atoms with Crippen molar-refractivity contribution in [2.24, 2.45) is 0 Å². The van der Waals surface area contributed by atoms with Gasteiger partial charge in [0.05, 0.1) is 22.6 Å². The molecule has 3 heterocycles. The second-order valence-corrected chi connectivity index (χ2v) is 10.6. The lowest BCUT2D eigenvalue weighted by Gasteiger charge is -2.40. The van der Waals surface area contributed by atoms with E-state index >= 15 is 0 Å². The molecule has 0 radical (unpaired) electrons. The smallest absolute Gasteiger partial charge is 0.253 e. The van der Waals surface area contributed by atoms with Crippen LogP contribution in [0.1, 0.15) is 15.9 Å². The summed E-state index contributed by atoms with van der Waals surface area (Å²) in [6, 6.07) is 18.9. The van der Waals surface area contributed by atoms with Gasteiger partial charge in [0.25, 0.3) is 5.91 Å². The summed E-state index contributed by atoms with van der Waals surface area (Å²) in [7, 11) is 0. The monoisotopic (exact) mass is 545 g/mol. The highest BCUT2D eigenvalue weighted by molar-refractivity contribution is 7.13. The summed E-state index contributed by atoms with van der Waals surface area (Å²) in [6.45, 7) is -0.0737. The topological polar surface area (TPSA) is 137 Å². The van der Waals surface area contributed by atoms with E-state index in [2.05, 4.69) is 40.6 Å². The van der Waals surface area contributed by atoms with Crippen LogP contribution in [0.5, 0.6) is 0 Å². The molecule has 39 heavy (non-hydrogen) atoms. The summed E-state index contributed by atoms with van der Waals surface area (Å²) in [5.41, 5.74) is 4.98. The van der Waals surface area contributed by atoms with Crippen LogP contribution in [0.3, 0.4) is 0 Å². The van der Waals surface area contributed by atoms with Crippen LogP contribution >= 0.6 is 11.3 Å². The Balaban J connectivity index is 1.37. The SMILES string of the molecule is O=C(N[C@H]1C(O)O[C@H](CO)[C@@H](O)C1O)c1cn(Cc2ccc3ccccc3c2)c2cc(-c3cncs3)ccc12. The normalized spacial score (nSPS) is 23.3. The Hall–Kier alpha value is -3.64. The number of fused-ring (bicyclic) bond motifs is 2. The number of aromatic nitrogens is 2. The first-order valence-electron chi connectivity index (χ1n) is 12.5. The average molecular weight is 546 g/mol. The molecule has 200 valence electrons. The van der Waals surface area contributed by atoms with Gasteiger partial charge in [-0.25, -0.2) is 0 Å². The van der Waals surface area contributed by atoms with Gasteiger partial charge < -0.3 is 35.0 Å². The number of benzene rings is 3. The van der Waals surface area contributed by atoms with E-state index in [-0.39, 0.29) is 0 Å². The number of aliphatic hydroxyl groups excluding tert-OH is 4. The minimum atomic E-state index is -1.60. The van der Waals surface area contributed by atoms with Crippen LogP contribution < -0.4 is 5.32 Å². The average Bonchev–Trinajstić information content (AvgIpc) is 3.61. The molecular formula is C29H27N3O6S. The molecule has 3 aromatic carbocycles. The number of nitrogens with zero attached hydrogens (tertiary/aromatic N) is 2. The molecule has 5 atom stereocenters. The number of thiazole rings is 1. The molecule has 1 aliphatic rings. The van der Waals surface area contributed by atoms with Gasteiger partial charge in [0.1, 0.15) is 24.4 Å². The maximum Gasteiger partial charge on any atom is 0.253 e. The summed E-state index contributed by atoms with van der Waals surface area (Å²) in [5, 5.41) is 46.0. The molecule has 0 saturated carbocycles. The zero-order valence-electron chi connectivity index (χ0n) is 20.7. The summed E-state index contributed by atoms with van der Waals surface area (Å²) in [5.74, 6) is -0.538. The maximum absolute atomic E-state index is 13.5. The second kappa shape index (κ2) is 10.5. The Bertz CT molecular complexity index is 1640. The first kappa shape index (κ1) is 25.6. The van der Waals surface area contributed by atoms with E-state index in [9.17, 15) is 25.2 Å². The van der Waals surface area contributed by atoms with Gasteiger partial charge in [0.15, 0.2) is 6.29 Å². The number of aliphatic hydroxyl groups is 4. The van der Waals surface area contributed by atoms with Crippen molar-refractivity contribution in [2.75, 3.05) is 6.61 Å². The number of hydrogen-bond acceptors (Lipinski definition) is 8. The summed E-state index contributed by atoms with van der Waals surface area (Å²) in [6.07, 6.45) is -2.21. The molecule has 9 nitrogen and oxygen atoms in total. The Kier molecular flexibility index (Phi) is 6.90. The summed E-state index contributed by atoms with van der Waals surface area (Å²) >= 11 is 1.52. The minimum absolute atomic E-state index is 0.347. The molecule has 0 aliphatic carbocycles. The minimum Gasteiger partial charge on any atom is -0.394 e. The van der Waals surface area contributed by atoms with Gasteiger partial charge in [-0.2, -0.15) is 0 Å². The molecule has 1 aliphatic heterocycles. The Labute approximate surface area is 227 Å². The van der Waals surface area contributed by atoms with Gasteiger partial charge in [-0.15, -0.1) is 11.3 Å². The van der Waals surface area contributed by atoms with Crippen molar-refractivity contribution < 1.29 is 30.0 Å². The van der Waals surface area contributed by atoms with Crippen molar-refractivity contribution in [3.05, 3.63) is 89.7 Å². The van der Waals surface area contributed by atoms with E-state index in [0.29, 0.717) is 17.5 Å². The molecule has 1 amide bonds. The predicted octanol–water partition coefficient (Wildman–Crippen LogP) is 2.50. The van der Waals surface area contributed by atoms with Crippen molar-refractivity contribution >= 4 is 38.9 Å². The molecule has 2 unspecified atom stereocenters. The molecule has 0 bridgehead atoms. The van der Waals surface area contributed by atoms with E-state index in [1.54, 1.807) is 17.9 Å². The zero-order valence-corrected chi connectivity index (χ0v) is 21.5. The molecular weight excluding hydrogens is 518 g/mol.